The van der Waals surface area contributed by atoms with Gasteiger partial charge in [0.2, 0.25) is 0 Å². The van der Waals surface area contributed by atoms with Crippen LogP contribution in [0.15, 0.2) is 0 Å². The van der Waals surface area contributed by atoms with Gasteiger partial charge in [0.15, 0.2) is 0 Å². The van der Waals surface area contributed by atoms with Crippen molar-refractivity contribution in [3.8, 4) is 0 Å². The second kappa shape index (κ2) is 8.03. The average Bonchev–Trinajstić information content (AvgIpc) is 2.35. The molecule has 102 valence electrons. The summed E-state index contributed by atoms with van der Waals surface area (Å²) in [6.45, 7) is 9.02. The molecule has 3 atom stereocenters. The predicted octanol–water partition coefficient (Wildman–Crippen LogP) is 0.406. The Hall–Kier alpha value is -0.160. The third kappa shape index (κ3) is 4.92. The van der Waals surface area contributed by atoms with E-state index in [1.165, 1.54) is 0 Å². The highest BCUT2D eigenvalue weighted by atomic mass is 16.3. The molecule has 4 nitrogen and oxygen atoms in total. The van der Waals surface area contributed by atoms with Crippen molar-refractivity contribution in [1.82, 2.24) is 10.2 Å². The van der Waals surface area contributed by atoms with Crippen LogP contribution in [0.1, 0.15) is 33.1 Å². The van der Waals surface area contributed by atoms with E-state index < -0.39 is 0 Å². The summed E-state index contributed by atoms with van der Waals surface area (Å²) in [5.41, 5.74) is 5.63. The molecule has 4 N–H and O–H groups in total. The summed E-state index contributed by atoms with van der Waals surface area (Å²) in [7, 11) is 0. The number of likely N-dealkylation sites (tertiary alicyclic amines) is 1. The second-order valence-corrected chi connectivity index (χ2v) is 5.17. The molecule has 0 bridgehead atoms. The smallest absolute Gasteiger partial charge is 0.0578 e. The summed E-state index contributed by atoms with van der Waals surface area (Å²) < 4.78 is 0. The number of rotatable bonds is 7. The van der Waals surface area contributed by atoms with Crippen LogP contribution in [0.4, 0.5) is 0 Å². The van der Waals surface area contributed by atoms with Crippen molar-refractivity contribution in [2.75, 3.05) is 32.7 Å². The predicted molar refractivity (Wildman–Crippen MR) is 72.0 cm³/mol. The van der Waals surface area contributed by atoms with Gasteiger partial charge in [-0.3, -0.25) is 0 Å². The monoisotopic (exact) mass is 243 g/mol. The van der Waals surface area contributed by atoms with E-state index in [4.69, 9.17) is 5.73 Å². The summed E-state index contributed by atoms with van der Waals surface area (Å²) in [5.74, 6) is 0.398. The van der Waals surface area contributed by atoms with E-state index in [9.17, 15) is 5.11 Å². The van der Waals surface area contributed by atoms with E-state index in [1.807, 2.05) is 0 Å². The van der Waals surface area contributed by atoms with E-state index in [1.54, 1.807) is 0 Å². The molecule has 1 aliphatic rings. The SMILES string of the molecule is CCCNC1CC(C(O)CC)CN(CCN)C1. The number of nitrogens with one attached hydrogen (secondary N) is 1. The van der Waals surface area contributed by atoms with Gasteiger partial charge in [-0.1, -0.05) is 13.8 Å². The van der Waals surface area contributed by atoms with Crippen LogP contribution in [0.2, 0.25) is 0 Å². The van der Waals surface area contributed by atoms with E-state index in [2.05, 4.69) is 24.1 Å². The maximum atomic E-state index is 10.0. The molecule has 0 radical (unpaired) electrons. The summed E-state index contributed by atoms with van der Waals surface area (Å²) in [4.78, 5) is 2.39. The largest absolute Gasteiger partial charge is 0.393 e. The van der Waals surface area contributed by atoms with E-state index in [-0.39, 0.29) is 6.10 Å². The van der Waals surface area contributed by atoms with Crippen LogP contribution in [0.25, 0.3) is 0 Å². The quantitative estimate of drug-likeness (QED) is 0.606. The lowest BCUT2D eigenvalue weighted by molar-refractivity contribution is 0.0368. The number of hydrogen-bond acceptors (Lipinski definition) is 4. The van der Waals surface area contributed by atoms with Crippen LogP contribution in [-0.4, -0.2) is 54.9 Å². The Morgan fingerprint density at radius 3 is 2.76 bits per heavy atom. The van der Waals surface area contributed by atoms with Gasteiger partial charge in [-0.15, -0.1) is 0 Å². The van der Waals surface area contributed by atoms with Crippen LogP contribution >= 0.6 is 0 Å². The highest BCUT2D eigenvalue weighted by Gasteiger charge is 2.29. The Balaban J connectivity index is 2.49. The molecule has 0 aliphatic carbocycles. The minimum Gasteiger partial charge on any atom is -0.393 e. The Morgan fingerprint density at radius 2 is 2.18 bits per heavy atom. The fourth-order valence-electron chi connectivity index (χ4n) is 2.71. The first-order valence-electron chi connectivity index (χ1n) is 7.05. The lowest BCUT2D eigenvalue weighted by atomic mass is 9.88. The Kier molecular flexibility index (Phi) is 7.04. The highest BCUT2D eigenvalue weighted by molar-refractivity contribution is 4.86. The molecule has 1 heterocycles. The van der Waals surface area contributed by atoms with Gasteiger partial charge < -0.3 is 21.1 Å². The molecule has 0 aromatic carbocycles. The number of aliphatic hydroxyl groups excluding tert-OH is 1. The van der Waals surface area contributed by atoms with Gasteiger partial charge in [0.1, 0.15) is 0 Å². The lowest BCUT2D eigenvalue weighted by Gasteiger charge is -2.39. The number of hydrogen-bond donors (Lipinski definition) is 3. The first-order chi connectivity index (χ1) is 8.21. The van der Waals surface area contributed by atoms with Crippen molar-refractivity contribution in [2.45, 2.75) is 45.3 Å². The van der Waals surface area contributed by atoms with E-state index in [0.29, 0.717) is 18.5 Å². The number of nitrogens with two attached hydrogens (primary N) is 1. The lowest BCUT2D eigenvalue weighted by Crippen LogP contribution is -2.52. The fourth-order valence-corrected chi connectivity index (χ4v) is 2.71. The minimum atomic E-state index is -0.165. The molecular formula is C13H29N3O. The van der Waals surface area contributed by atoms with Gasteiger partial charge in [0, 0.05) is 32.2 Å². The Bertz CT molecular complexity index is 201. The third-order valence-corrected chi connectivity index (χ3v) is 3.65. The molecule has 1 fully saturated rings. The molecule has 0 amide bonds. The van der Waals surface area contributed by atoms with Gasteiger partial charge in [-0.05, 0) is 31.7 Å². The standard InChI is InChI=1S/C13H29N3O/c1-3-6-15-12-8-11(13(17)4-2)9-16(10-12)7-5-14/h11-13,15,17H,3-10,14H2,1-2H3. The Morgan fingerprint density at radius 1 is 1.41 bits per heavy atom. The summed E-state index contributed by atoms with van der Waals surface area (Å²) in [6.07, 6.45) is 2.94. The van der Waals surface area contributed by atoms with Crippen molar-refractivity contribution in [1.29, 1.82) is 0 Å². The molecule has 0 spiro atoms. The van der Waals surface area contributed by atoms with Gasteiger partial charge in [0.25, 0.3) is 0 Å². The van der Waals surface area contributed by atoms with Gasteiger partial charge in [-0.2, -0.15) is 0 Å². The summed E-state index contributed by atoms with van der Waals surface area (Å²) in [5, 5.41) is 13.6. The molecule has 0 aromatic heterocycles. The molecule has 4 heteroatoms. The molecule has 1 aliphatic heterocycles. The van der Waals surface area contributed by atoms with Gasteiger partial charge >= 0.3 is 0 Å². The summed E-state index contributed by atoms with van der Waals surface area (Å²) in [6, 6.07) is 0.515. The fraction of sp³-hybridized carbons (Fsp3) is 1.00. The second-order valence-electron chi connectivity index (χ2n) is 5.17. The zero-order chi connectivity index (χ0) is 12.7. The molecule has 3 unspecified atom stereocenters. The Labute approximate surface area is 106 Å². The molecule has 1 rings (SSSR count). The average molecular weight is 243 g/mol. The van der Waals surface area contributed by atoms with Crippen LogP contribution in [0.5, 0.6) is 0 Å². The van der Waals surface area contributed by atoms with Crippen LogP contribution in [0, 0.1) is 5.92 Å². The van der Waals surface area contributed by atoms with Crippen molar-refractivity contribution in [3.63, 3.8) is 0 Å². The molecular weight excluding hydrogens is 214 g/mol. The molecule has 17 heavy (non-hydrogen) atoms. The van der Waals surface area contributed by atoms with Gasteiger partial charge in [-0.25, -0.2) is 0 Å². The molecule has 1 saturated heterocycles. The van der Waals surface area contributed by atoms with Crippen molar-refractivity contribution in [2.24, 2.45) is 11.7 Å². The van der Waals surface area contributed by atoms with Crippen LogP contribution in [0.3, 0.4) is 0 Å². The highest BCUT2D eigenvalue weighted by Crippen LogP contribution is 2.21. The van der Waals surface area contributed by atoms with E-state index in [0.717, 1.165) is 45.4 Å². The zero-order valence-electron chi connectivity index (χ0n) is 11.4. The van der Waals surface area contributed by atoms with Gasteiger partial charge in [0.05, 0.1) is 6.10 Å². The van der Waals surface area contributed by atoms with E-state index >= 15 is 0 Å². The molecule has 0 saturated carbocycles. The van der Waals surface area contributed by atoms with Crippen LogP contribution in [-0.2, 0) is 0 Å². The topological polar surface area (TPSA) is 61.5 Å². The maximum Gasteiger partial charge on any atom is 0.0578 e. The van der Waals surface area contributed by atoms with Crippen LogP contribution < -0.4 is 11.1 Å². The van der Waals surface area contributed by atoms with Crippen molar-refractivity contribution < 1.29 is 5.11 Å². The van der Waals surface area contributed by atoms with Crippen molar-refractivity contribution >= 4 is 0 Å². The number of nitrogens with zero attached hydrogens (tertiary/aromatic N) is 1. The number of piperidine rings is 1. The maximum absolute atomic E-state index is 10.0. The minimum absolute atomic E-state index is 0.165. The normalized spacial score (nSPS) is 28.2. The summed E-state index contributed by atoms with van der Waals surface area (Å²) >= 11 is 0. The molecule has 0 aromatic rings. The van der Waals surface area contributed by atoms with Crippen molar-refractivity contribution in [3.05, 3.63) is 0 Å². The first-order valence-corrected chi connectivity index (χ1v) is 7.05. The zero-order valence-corrected chi connectivity index (χ0v) is 11.4. The number of aliphatic hydroxyl groups is 1. The first kappa shape index (κ1) is 14.9. The third-order valence-electron chi connectivity index (χ3n) is 3.65.